The number of carboxylic acid groups (broad SMARTS) is 1. The number of thiazole rings is 1. The first-order valence-electron chi connectivity index (χ1n) is 6.67. The summed E-state index contributed by atoms with van der Waals surface area (Å²) in [5.41, 5.74) is 1.62. The Balaban J connectivity index is 2.06. The Morgan fingerprint density at radius 1 is 1.63 bits per heavy atom. The van der Waals surface area contributed by atoms with Crippen molar-refractivity contribution in [1.82, 2.24) is 4.98 Å². The highest BCUT2D eigenvalue weighted by atomic mass is 32.1. The van der Waals surface area contributed by atoms with Crippen molar-refractivity contribution in [3.8, 4) is 0 Å². The monoisotopic (exact) mass is 284 g/mol. The molecule has 2 rings (SSSR count). The topological polar surface area (TPSA) is 71.5 Å². The number of carbonyl (C=O) groups is 1. The lowest BCUT2D eigenvalue weighted by atomic mass is 9.86. The van der Waals surface area contributed by atoms with Crippen LogP contribution in [0.15, 0.2) is 5.51 Å². The standard InChI is InChI=1S/C13H20N2O3S/c1-3-13(4-2)7-9(5-6-18-13)15-11-10(12(16)17)14-8-19-11/h8-9,15H,3-7H2,1-2H3,(H,16,17). The number of aromatic nitrogens is 1. The Morgan fingerprint density at radius 2 is 2.37 bits per heavy atom. The molecule has 0 bridgehead atoms. The van der Waals surface area contributed by atoms with Crippen molar-refractivity contribution in [3.63, 3.8) is 0 Å². The van der Waals surface area contributed by atoms with Crippen molar-refractivity contribution >= 4 is 22.3 Å². The fraction of sp³-hybridized carbons (Fsp3) is 0.692. The molecule has 0 saturated carbocycles. The van der Waals surface area contributed by atoms with Gasteiger partial charge in [-0.2, -0.15) is 0 Å². The molecule has 5 nitrogen and oxygen atoms in total. The molecule has 1 aliphatic rings. The van der Waals surface area contributed by atoms with Crippen molar-refractivity contribution in [1.29, 1.82) is 0 Å². The predicted octanol–water partition coefficient (Wildman–Crippen LogP) is 2.99. The summed E-state index contributed by atoms with van der Waals surface area (Å²) in [6.07, 6.45) is 3.78. The average molecular weight is 284 g/mol. The molecule has 6 heteroatoms. The number of rotatable bonds is 5. The van der Waals surface area contributed by atoms with Crippen LogP contribution >= 0.6 is 11.3 Å². The van der Waals surface area contributed by atoms with Gasteiger partial charge in [0.25, 0.3) is 0 Å². The first kappa shape index (κ1) is 14.3. The van der Waals surface area contributed by atoms with Gasteiger partial charge in [-0.3, -0.25) is 0 Å². The first-order chi connectivity index (χ1) is 9.10. The maximum atomic E-state index is 11.0. The van der Waals surface area contributed by atoms with Gasteiger partial charge in [-0.15, -0.1) is 11.3 Å². The van der Waals surface area contributed by atoms with Gasteiger partial charge in [0.1, 0.15) is 5.00 Å². The zero-order valence-corrected chi connectivity index (χ0v) is 12.1. The molecular formula is C13H20N2O3S. The number of aromatic carboxylic acids is 1. The summed E-state index contributed by atoms with van der Waals surface area (Å²) in [5.74, 6) is -0.979. The van der Waals surface area contributed by atoms with E-state index < -0.39 is 5.97 Å². The lowest BCUT2D eigenvalue weighted by molar-refractivity contribution is -0.0864. The van der Waals surface area contributed by atoms with Gasteiger partial charge >= 0.3 is 5.97 Å². The molecule has 106 valence electrons. The molecule has 2 heterocycles. The van der Waals surface area contributed by atoms with Crippen LogP contribution in [-0.4, -0.2) is 34.3 Å². The molecule has 2 N–H and O–H groups in total. The lowest BCUT2D eigenvalue weighted by Crippen LogP contribution is -2.43. The van der Waals surface area contributed by atoms with Gasteiger partial charge in [-0.25, -0.2) is 9.78 Å². The highest BCUT2D eigenvalue weighted by Crippen LogP contribution is 2.33. The van der Waals surface area contributed by atoms with Crippen molar-refractivity contribution in [2.75, 3.05) is 11.9 Å². The highest BCUT2D eigenvalue weighted by molar-refractivity contribution is 7.14. The number of ether oxygens (including phenoxy) is 1. The molecule has 1 atom stereocenters. The smallest absolute Gasteiger partial charge is 0.357 e. The van der Waals surface area contributed by atoms with E-state index in [1.54, 1.807) is 5.51 Å². The van der Waals surface area contributed by atoms with Crippen LogP contribution in [-0.2, 0) is 4.74 Å². The third-order valence-electron chi connectivity index (χ3n) is 3.89. The third-order valence-corrected chi connectivity index (χ3v) is 4.64. The van der Waals surface area contributed by atoms with Crippen LogP contribution in [0, 0.1) is 0 Å². The molecule has 0 radical (unpaired) electrons. The molecular weight excluding hydrogens is 264 g/mol. The van der Waals surface area contributed by atoms with E-state index in [-0.39, 0.29) is 17.3 Å². The number of hydrogen-bond acceptors (Lipinski definition) is 5. The first-order valence-corrected chi connectivity index (χ1v) is 7.55. The second kappa shape index (κ2) is 5.88. The second-order valence-electron chi connectivity index (χ2n) is 4.91. The van der Waals surface area contributed by atoms with Gasteiger partial charge in [0.2, 0.25) is 0 Å². The zero-order chi connectivity index (χ0) is 13.9. The highest BCUT2D eigenvalue weighted by Gasteiger charge is 2.35. The summed E-state index contributed by atoms with van der Waals surface area (Å²) in [5, 5.41) is 13.0. The van der Waals surface area contributed by atoms with Gasteiger partial charge in [0.05, 0.1) is 11.1 Å². The minimum Gasteiger partial charge on any atom is -0.476 e. The number of carboxylic acids is 1. The van der Waals surface area contributed by atoms with E-state index in [2.05, 4.69) is 24.1 Å². The molecule has 0 aromatic carbocycles. The summed E-state index contributed by atoms with van der Waals surface area (Å²) in [7, 11) is 0. The molecule has 1 fully saturated rings. The van der Waals surface area contributed by atoms with Crippen LogP contribution in [0.5, 0.6) is 0 Å². The third kappa shape index (κ3) is 3.06. The van der Waals surface area contributed by atoms with Crippen LogP contribution in [0.25, 0.3) is 0 Å². The van der Waals surface area contributed by atoms with Crippen LogP contribution in [0.3, 0.4) is 0 Å². The van der Waals surface area contributed by atoms with E-state index in [4.69, 9.17) is 9.84 Å². The minimum atomic E-state index is -0.979. The number of nitrogens with zero attached hydrogens (tertiary/aromatic N) is 1. The van der Waals surface area contributed by atoms with E-state index in [1.807, 2.05) is 0 Å². The Morgan fingerprint density at radius 3 is 3.00 bits per heavy atom. The molecule has 1 aromatic rings. The molecule has 0 aliphatic carbocycles. The zero-order valence-electron chi connectivity index (χ0n) is 11.3. The number of hydrogen-bond donors (Lipinski definition) is 2. The lowest BCUT2D eigenvalue weighted by Gasteiger charge is -2.40. The van der Waals surface area contributed by atoms with E-state index in [0.29, 0.717) is 5.00 Å². The molecule has 1 saturated heterocycles. The Bertz CT molecular complexity index is 443. The fourth-order valence-corrected chi connectivity index (χ4v) is 3.33. The summed E-state index contributed by atoms with van der Waals surface area (Å²) in [4.78, 5) is 14.9. The molecule has 1 unspecified atom stereocenters. The maximum absolute atomic E-state index is 11.0. The molecule has 0 spiro atoms. The Labute approximate surface area is 117 Å². The van der Waals surface area contributed by atoms with Crippen molar-refractivity contribution < 1.29 is 14.6 Å². The SMILES string of the molecule is CCC1(CC)CC(Nc2scnc2C(=O)O)CCO1. The van der Waals surface area contributed by atoms with Crippen LogP contribution in [0.2, 0.25) is 0 Å². The summed E-state index contributed by atoms with van der Waals surface area (Å²) in [6.45, 7) is 5.00. The van der Waals surface area contributed by atoms with Crippen LogP contribution < -0.4 is 5.32 Å². The summed E-state index contributed by atoms with van der Waals surface area (Å²) in [6, 6.07) is 0.257. The Hall–Kier alpha value is -1.14. The molecule has 0 amide bonds. The maximum Gasteiger partial charge on any atom is 0.357 e. The Kier molecular flexibility index (Phi) is 4.42. The normalized spacial score (nSPS) is 22.1. The van der Waals surface area contributed by atoms with Crippen LogP contribution in [0.4, 0.5) is 5.00 Å². The van der Waals surface area contributed by atoms with Crippen LogP contribution in [0.1, 0.15) is 50.0 Å². The van der Waals surface area contributed by atoms with Gasteiger partial charge in [0, 0.05) is 12.6 Å². The minimum absolute atomic E-state index is 0.0655. The summed E-state index contributed by atoms with van der Waals surface area (Å²) < 4.78 is 5.92. The largest absolute Gasteiger partial charge is 0.476 e. The quantitative estimate of drug-likeness (QED) is 0.869. The fourth-order valence-electron chi connectivity index (χ4n) is 2.58. The summed E-state index contributed by atoms with van der Waals surface area (Å²) >= 11 is 1.34. The average Bonchev–Trinajstić information content (AvgIpc) is 2.87. The molecule has 19 heavy (non-hydrogen) atoms. The van der Waals surface area contributed by atoms with E-state index in [9.17, 15) is 4.79 Å². The van der Waals surface area contributed by atoms with Gasteiger partial charge in [-0.1, -0.05) is 13.8 Å². The number of nitrogens with one attached hydrogen (secondary N) is 1. The molecule has 1 aromatic heterocycles. The van der Waals surface area contributed by atoms with Gasteiger partial charge < -0.3 is 15.2 Å². The van der Waals surface area contributed by atoms with Gasteiger partial charge in [0.15, 0.2) is 5.69 Å². The van der Waals surface area contributed by atoms with E-state index in [0.717, 1.165) is 32.3 Å². The number of anilines is 1. The predicted molar refractivity (Wildman–Crippen MR) is 75.0 cm³/mol. The van der Waals surface area contributed by atoms with E-state index >= 15 is 0 Å². The van der Waals surface area contributed by atoms with Crippen molar-refractivity contribution in [3.05, 3.63) is 11.2 Å². The van der Waals surface area contributed by atoms with Gasteiger partial charge in [-0.05, 0) is 25.7 Å². The molecule has 1 aliphatic heterocycles. The van der Waals surface area contributed by atoms with Crippen molar-refractivity contribution in [2.24, 2.45) is 0 Å². The van der Waals surface area contributed by atoms with E-state index in [1.165, 1.54) is 11.3 Å². The van der Waals surface area contributed by atoms with Crippen molar-refractivity contribution in [2.45, 2.75) is 51.2 Å². The second-order valence-corrected chi connectivity index (χ2v) is 5.76.